The molecule has 0 aromatic carbocycles. The van der Waals surface area contributed by atoms with Gasteiger partial charge in [-0.05, 0) is 32.1 Å². The van der Waals surface area contributed by atoms with E-state index in [4.69, 9.17) is 30.3 Å². The molecule has 2 N–H and O–H groups in total. The maximum atomic E-state index is 12.1. The van der Waals surface area contributed by atoms with Gasteiger partial charge in [-0.3, -0.25) is 18.9 Å². The first-order chi connectivity index (χ1) is 11.6. The first kappa shape index (κ1) is 20.4. The molecule has 4 atom stereocenters. The van der Waals surface area contributed by atoms with Crippen molar-refractivity contribution in [2.24, 2.45) is 0 Å². The fourth-order valence-corrected chi connectivity index (χ4v) is 3.66. The lowest BCUT2D eigenvalue weighted by Gasteiger charge is -2.36. The molecule has 2 rings (SSSR count). The zero-order valence-electron chi connectivity index (χ0n) is 14.6. The average molecular weight is 394 g/mol. The number of hydrogen-bond acceptors (Lipinski definition) is 7. The summed E-state index contributed by atoms with van der Waals surface area (Å²) in [4.78, 5) is 35.8. The molecule has 1 fully saturated rings. The number of nitrogens with zero attached hydrogens (tertiary/aromatic N) is 1. The van der Waals surface area contributed by atoms with Crippen molar-refractivity contribution in [1.82, 2.24) is 9.55 Å². The zero-order valence-corrected chi connectivity index (χ0v) is 16.3. The third kappa shape index (κ3) is 4.46. The molecule has 1 aromatic heterocycles. The minimum absolute atomic E-state index is 0.183. The average Bonchev–Trinajstić information content (AvgIpc) is 2.93. The Balaban J connectivity index is 2.28. The van der Waals surface area contributed by atoms with Gasteiger partial charge < -0.3 is 18.9 Å². The van der Waals surface area contributed by atoms with Gasteiger partial charge in [0.05, 0.1) is 13.2 Å². The second-order valence-corrected chi connectivity index (χ2v) is 8.77. The standard InChI is InChI=1S/C14H23N2O7PS/c1-5-14(8-21-7-11(14)23-24(19,25)20-4)22-10(3)16-6-9(2)12(17)15-13(16)18/h6,10-11H,5,7-8H2,1-4H3,(H,19,25)(H,15,17,18)/t10?,11?,14-,24?/m0/s1. The minimum atomic E-state index is -3.40. The van der Waals surface area contributed by atoms with Crippen LogP contribution in [0, 0.1) is 6.92 Å². The molecule has 0 bridgehead atoms. The van der Waals surface area contributed by atoms with Gasteiger partial charge in [0.15, 0.2) is 0 Å². The van der Waals surface area contributed by atoms with E-state index in [-0.39, 0.29) is 13.2 Å². The first-order valence-corrected chi connectivity index (χ1v) is 10.4. The van der Waals surface area contributed by atoms with Crippen LogP contribution in [0.2, 0.25) is 0 Å². The van der Waals surface area contributed by atoms with Crippen LogP contribution in [0.25, 0.3) is 0 Å². The van der Waals surface area contributed by atoms with E-state index in [9.17, 15) is 14.5 Å². The Hall–Kier alpha value is -0.870. The zero-order chi connectivity index (χ0) is 18.8. The van der Waals surface area contributed by atoms with Gasteiger partial charge in [-0.15, -0.1) is 0 Å². The molecule has 25 heavy (non-hydrogen) atoms. The minimum Gasteiger partial charge on any atom is -0.376 e. The largest absolute Gasteiger partial charge is 0.376 e. The molecule has 1 aliphatic heterocycles. The van der Waals surface area contributed by atoms with Crippen LogP contribution in [0.1, 0.15) is 32.1 Å². The van der Waals surface area contributed by atoms with Crippen LogP contribution in [-0.2, 0) is 30.3 Å². The van der Waals surface area contributed by atoms with Crippen molar-refractivity contribution in [1.29, 1.82) is 0 Å². The molecular formula is C14H23N2O7PS. The van der Waals surface area contributed by atoms with Crippen LogP contribution in [0.4, 0.5) is 0 Å². The highest BCUT2D eigenvalue weighted by Gasteiger charge is 2.48. The highest BCUT2D eigenvalue weighted by molar-refractivity contribution is 8.07. The molecule has 142 valence electrons. The number of aromatic amines is 1. The molecule has 2 heterocycles. The van der Waals surface area contributed by atoms with E-state index in [2.05, 4.69) is 4.98 Å². The van der Waals surface area contributed by atoms with Crippen LogP contribution < -0.4 is 11.2 Å². The summed E-state index contributed by atoms with van der Waals surface area (Å²) in [5.41, 5.74) is -1.53. The maximum absolute atomic E-state index is 12.1. The molecule has 11 heteroatoms. The summed E-state index contributed by atoms with van der Waals surface area (Å²) in [6.45, 7) is 2.16. The summed E-state index contributed by atoms with van der Waals surface area (Å²) in [7, 11) is 1.27. The van der Waals surface area contributed by atoms with Crippen LogP contribution in [0.3, 0.4) is 0 Å². The number of aryl methyl sites for hydroxylation is 1. The topological polar surface area (TPSA) is 112 Å². The van der Waals surface area contributed by atoms with Gasteiger partial charge in [0.1, 0.15) is 17.9 Å². The number of rotatable bonds is 7. The Morgan fingerprint density at radius 2 is 2.28 bits per heavy atom. The Kier molecular flexibility index (Phi) is 6.37. The van der Waals surface area contributed by atoms with E-state index in [1.807, 2.05) is 6.92 Å². The Labute approximate surface area is 150 Å². The highest BCUT2D eigenvalue weighted by atomic mass is 32.5. The lowest BCUT2D eigenvalue weighted by Crippen LogP contribution is -2.47. The van der Waals surface area contributed by atoms with Crippen molar-refractivity contribution < 1.29 is 23.4 Å². The first-order valence-electron chi connectivity index (χ1n) is 7.78. The summed E-state index contributed by atoms with van der Waals surface area (Å²) in [6, 6.07) is 0. The van der Waals surface area contributed by atoms with Crippen molar-refractivity contribution in [3.05, 3.63) is 32.6 Å². The molecular weight excluding hydrogens is 371 g/mol. The molecule has 1 aliphatic rings. The van der Waals surface area contributed by atoms with Gasteiger partial charge in [-0.1, -0.05) is 6.92 Å². The van der Waals surface area contributed by atoms with E-state index in [0.29, 0.717) is 12.0 Å². The highest BCUT2D eigenvalue weighted by Crippen LogP contribution is 2.48. The van der Waals surface area contributed by atoms with Crippen molar-refractivity contribution >= 4 is 18.5 Å². The number of hydrogen-bond donors (Lipinski definition) is 2. The van der Waals surface area contributed by atoms with E-state index in [1.165, 1.54) is 17.9 Å². The predicted octanol–water partition coefficient (Wildman–Crippen LogP) is 0.808. The number of ether oxygens (including phenoxy) is 2. The van der Waals surface area contributed by atoms with Gasteiger partial charge in [-0.2, -0.15) is 0 Å². The van der Waals surface area contributed by atoms with Gasteiger partial charge in [0.25, 0.3) is 5.56 Å². The summed E-state index contributed by atoms with van der Waals surface area (Å²) in [6.07, 6.45) is 0.593. The van der Waals surface area contributed by atoms with Crippen LogP contribution >= 0.6 is 6.72 Å². The van der Waals surface area contributed by atoms with Gasteiger partial charge >= 0.3 is 12.4 Å². The Bertz CT molecular complexity index is 779. The molecule has 3 unspecified atom stereocenters. The third-order valence-corrected chi connectivity index (χ3v) is 5.92. The van der Waals surface area contributed by atoms with Crippen molar-refractivity contribution in [2.45, 2.75) is 45.1 Å². The second kappa shape index (κ2) is 7.79. The van der Waals surface area contributed by atoms with Crippen molar-refractivity contribution in [3.63, 3.8) is 0 Å². The van der Waals surface area contributed by atoms with Gasteiger partial charge in [-0.25, -0.2) is 4.79 Å². The molecule has 0 spiro atoms. The molecule has 0 radical (unpaired) electrons. The number of nitrogens with one attached hydrogen (secondary N) is 1. The summed E-state index contributed by atoms with van der Waals surface area (Å²) < 4.78 is 23.2. The quantitative estimate of drug-likeness (QED) is 0.654. The predicted molar refractivity (Wildman–Crippen MR) is 94.1 cm³/mol. The Morgan fingerprint density at radius 3 is 2.88 bits per heavy atom. The number of aromatic nitrogens is 2. The molecule has 1 aromatic rings. The van der Waals surface area contributed by atoms with E-state index in [1.54, 1.807) is 13.8 Å². The van der Waals surface area contributed by atoms with E-state index in [0.717, 1.165) is 0 Å². The summed E-state index contributed by atoms with van der Waals surface area (Å²) in [5.74, 6) is 0. The molecule has 0 saturated carbocycles. The van der Waals surface area contributed by atoms with Gasteiger partial charge in [0.2, 0.25) is 0 Å². The third-order valence-electron chi connectivity index (χ3n) is 4.23. The van der Waals surface area contributed by atoms with E-state index < -0.39 is 35.9 Å². The fourth-order valence-electron chi connectivity index (χ4n) is 2.69. The lowest BCUT2D eigenvalue weighted by atomic mass is 9.97. The maximum Gasteiger partial charge on any atom is 0.330 e. The van der Waals surface area contributed by atoms with Crippen molar-refractivity contribution in [2.75, 3.05) is 20.3 Å². The smallest absolute Gasteiger partial charge is 0.330 e. The summed E-state index contributed by atoms with van der Waals surface area (Å²) in [5, 5.41) is 0. The van der Waals surface area contributed by atoms with Crippen LogP contribution in [-0.4, -0.2) is 46.5 Å². The molecule has 9 nitrogen and oxygen atoms in total. The molecule has 1 saturated heterocycles. The normalized spacial score (nSPS) is 27.2. The van der Waals surface area contributed by atoms with Gasteiger partial charge in [0, 0.05) is 18.9 Å². The van der Waals surface area contributed by atoms with Crippen LogP contribution in [0.15, 0.2) is 15.8 Å². The Morgan fingerprint density at radius 1 is 1.60 bits per heavy atom. The SMILES string of the molecule is CC[C@]1(OC(C)n2cc(C)c(=O)[nH]c2=O)COCC1OP(O)(=S)OC. The fraction of sp³-hybridized carbons (Fsp3) is 0.714. The van der Waals surface area contributed by atoms with E-state index >= 15 is 0 Å². The monoisotopic (exact) mass is 394 g/mol. The lowest BCUT2D eigenvalue weighted by molar-refractivity contribution is -0.154. The van der Waals surface area contributed by atoms with Crippen LogP contribution in [0.5, 0.6) is 0 Å². The second-order valence-electron chi connectivity index (χ2n) is 5.87. The number of H-pyrrole nitrogens is 1. The van der Waals surface area contributed by atoms with Crippen molar-refractivity contribution in [3.8, 4) is 0 Å². The summed E-state index contributed by atoms with van der Waals surface area (Å²) >= 11 is 4.91. The molecule has 0 aliphatic carbocycles. The molecule has 0 amide bonds.